The predicted molar refractivity (Wildman–Crippen MR) is 224 cm³/mol. The van der Waals surface area contributed by atoms with E-state index in [-0.39, 0.29) is 13.4 Å². The minimum Gasteiger partial charge on any atom is -0.0686 e. The van der Waals surface area contributed by atoms with E-state index in [9.17, 15) is 0 Å². The quantitative estimate of drug-likeness (QED) is 0.153. The van der Waals surface area contributed by atoms with Gasteiger partial charge in [-0.3, -0.25) is 0 Å². The highest BCUT2D eigenvalue weighted by Crippen LogP contribution is 2.20. The second kappa shape index (κ2) is 14.0. The SMILES string of the molecule is Cc1cc(C)c(B(c2ccc(-c3ccc(B(c4c(C)cc(C)cc4C)c4c(C)cc(C)cc4C)cc3)cc2)c2c(C)cc(C)cc2C)c(C)c1. The molecule has 6 aromatic rings. The van der Waals surface area contributed by atoms with E-state index >= 15 is 0 Å². The molecule has 250 valence electrons. The molecule has 6 rings (SSSR count). The molecule has 0 spiro atoms. The molecule has 0 aromatic heterocycles. The molecular formula is C48H52B2. The van der Waals surface area contributed by atoms with Crippen LogP contribution >= 0.6 is 0 Å². The van der Waals surface area contributed by atoms with Crippen LogP contribution in [0.15, 0.2) is 97.1 Å². The van der Waals surface area contributed by atoms with Crippen LogP contribution in [0, 0.1) is 83.1 Å². The first-order valence-electron chi connectivity index (χ1n) is 18.2. The van der Waals surface area contributed by atoms with Gasteiger partial charge in [-0.2, -0.15) is 0 Å². The van der Waals surface area contributed by atoms with E-state index in [1.807, 2.05) is 0 Å². The molecule has 6 aromatic carbocycles. The van der Waals surface area contributed by atoms with Crippen molar-refractivity contribution >= 4 is 46.2 Å². The molecule has 2 heteroatoms. The molecule has 0 nitrogen and oxygen atoms in total. The summed E-state index contributed by atoms with van der Waals surface area (Å²) in [5, 5.41) is 0. The Morgan fingerprint density at radius 2 is 0.440 bits per heavy atom. The molecular weight excluding hydrogens is 598 g/mol. The van der Waals surface area contributed by atoms with Gasteiger partial charge in [-0.25, -0.2) is 0 Å². The Bertz CT molecular complexity index is 1850. The van der Waals surface area contributed by atoms with Gasteiger partial charge in [-0.1, -0.05) is 197 Å². The molecule has 0 atom stereocenters. The third-order valence-corrected chi connectivity index (χ3v) is 10.9. The van der Waals surface area contributed by atoms with Crippen LogP contribution in [0.2, 0.25) is 0 Å². The third kappa shape index (κ3) is 6.78. The van der Waals surface area contributed by atoms with E-state index in [4.69, 9.17) is 0 Å². The summed E-state index contributed by atoms with van der Waals surface area (Å²) in [6, 6.07) is 37.5. The smallest absolute Gasteiger partial charge is 0.0686 e. The van der Waals surface area contributed by atoms with Crippen molar-refractivity contribution in [3.05, 3.63) is 164 Å². The van der Waals surface area contributed by atoms with Crippen LogP contribution in [0.25, 0.3) is 11.1 Å². The van der Waals surface area contributed by atoms with Crippen LogP contribution in [0.1, 0.15) is 66.8 Å². The summed E-state index contributed by atoms with van der Waals surface area (Å²) in [6.45, 7) is 27.4. The van der Waals surface area contributed by atoms with Gasteiger partial charge in [0.1, 0.15) is 0 Å². The zero-order valence-corrected chi connectivity index (χ0v) is 32.4. The van der Waals surface area contributed by atoms with Gasteiger partial charge >= 0.3 is 0 Å². The van der Waals surface area contributed by atoms with Gasteiger partial charge < -0.3 is 0 Å². The highest BCUT2D eigenvalue weighted by Gasteiger charge is 2.30. The van der Waals surface area contributed by atoms with Crippen molar-refractivity contribution in [2.24, 2.45) is 0 Å². The summed E-state index contributed by atoms with van der Waals surface area (Å²) < 4.78 is 0. The Balaban J connectivity index is 1.43. The zero-order valence-electron chi connectivity index (χ0n) is 32.4. The van der Waals surface area contributed by atoms with Gasteiger partial charge in [-0.05, 0) is 94.2 Å². The van der Waals surface area contributed by atoms with Crippen molar-refractivity contribution in [1.82, 2.24) is 0 Å². The molecule has 0 heterocycles. The Kier molecular flexibility index (Phi) is 9.87. The fourth-order valence-corrected chi connectivity index (χ4v) is 9.28. The van der Waals surface area contributed by atoms with E-state index in [2.05, 4.69) is 180 Å². The van der Waals surface area contributed by atoms with E-state index < -0.39 is 0 Å². The van der Waals surface area contributed by atoms with Gasteiger partial charge in [0.15, 0.2) is 0 Å². The van der Waals surface area contributed by atoms with Crippen molar-refractivity contribution in [3.8, 4) is 11.1 Å². The Hall–Kier alpha value is -4.55. The second-order valence-corrected chi connectivity index (χ2v) is 15.4. The fraction of sp³-hybridized carbons (Fsp3) is 0.250. The molecule has 0 aliphatic heterocycles. The Morgan fingerprint density at radius 1 is 0.260 bits per heavy atom. The van der Waals surface area contributed by atoms with Crippen LogP contribution in [0.5, 0.6) is 0 Å². The average Bonchev–Trinajstić information content (AvgIpc) is 3.02. The monoisotopic (exact) mass is 650 g/mol. The lowest BCUT2D eigenvalue weighted by Gasteiger charge is -2.25. The lowest BCUT2D eigenvalue weighted by molar-refractivity contribution is 1.34. The molecule has 0 saturated heterocycles. The maximum atomic E-state index is 2.37. The summed E-state index contributed by atoms with van der Waals surface area (Å²) >= 11 is 0. The molecule has 50 heavy (non-hydrogen) atoms. The molecule has 0 aliphatic rings. The minimum atomic E-state index is 0.176. The Morgan fingerprint density at radius 3 is 0.620 bits per heavy atom. The van der Waals surface area contributed by atoms with Crippen LogP contribution in [-0.4, -0.2) is 13.4 Å². The van der Waals surface area contributed by atoms with Crippen LogP contribution < -0.4 is 32.8 Å². The second-order valence-electron chi connectivity index (χ2n) is 15.4. The average molecular weight is 651 g/mol. The first-order chi connectivity index (χ1) is 23.7. The molecule has 0 radical (unpaired) electrons. The molecule has 0 saturated carbocycles. The van der Waals surface area contributed by atoms with Crippen molar-refractivity contribution in [2.45, 2.75) is 83.1 Å². The van der Waals surface area contributed by atoms with Crippen LogP contribution in [0.4, 0.5) is 0 Å². The van der Waals surface area contributed by atoms with Crippen molar-refractivity contribution in [1.29, 1.82) is 0 Å². The topological polar surface area (TPSA) is 0 Å². The summed E-state index contributed by atoms with van der Waals surface area (Å²) in [6.07, 6.45) is 0. The van der Waals surface area contributed by atoms with Gasteiger partial charge in [-0.15, -0.1) is 0 Å². The lowest BCUT2D eigenvalue weighted by Crippen LogP contribution is -2.55. The van der Waals surface area contributed by atoms with Crippen molar-refractivity contribution in [3.63, 3.8) is 0 Å². The largest absolute Gasteiger partial charge is 0.242 e. The third-order valence-electron chi connectivity index (χ3n) is 10.9. The number of aryl methyl sites for hydroxylation is 12. The van der Waals surface area contributed by atoms with Gasteiger partial charge in [0, 0.05) is 0 Å². The predicted octanol–water partition coefficient (Wildman–Crippen LogP) is 8.09. The van der Waals surface area contributed by atoms with E-state index in [1.165, 1.54) is 111 Å². The molecule has 0 fully saturated rings. The van der Waals surface area contributed by atoms with Crippen molar-refractivity contribution < 1.29 is 0 Å². The van der Waals surface area contributed by atoms with Crippen molar-refractivity contribution in [2.75, 3.05) is 0 Å². The molecule has 0 amide bonds. The highest BCUT2D eigenvalue weighted by molar-refractivity contribution is 6.97. The van der Waals surface area contributed by atoms with Gasteiger partial charge in [0.25, 0.3) is 0 Å². The molecule has 0 N–H and O–H groups in total. The summed E-state index contributed by atoms with van der Waals surface area (Å²) in [5.41, 5.74) is 27.0. The number of hydrogen-bond donors (Lipinski definition) is 0. The van der Waals surface area contributed by atoms with Crippen LogP contribution in [-0.2, 0) is 0 Å². The summed E-state index contributed by atoms with van der Waals surface area (Å²) in [5.74, 6) is 0. The number of hydrogen-bond acceptors (Lipinski definition) is 0. The zero-order chi connectivity index (χ0) is 36.0. The fourth-order valence-electron chi connectivity index (χ4n) is 9.28. The first kappa shape index (κ1) is 35.3. The first-order valence-corrected chi connectivity index (χ1v) is 18.2. The van der Waals surface area contributed by atoms with E-state index in [1.54, 1.807) is 0 Å². The van der Waals surface area contributed by atoms with Gasteiger partial charge in [0.05, 0.1) is 0 Å². The van der Waals surface area contributed by atoms with Crippen LogP contribution in [0.3, 0.4) is 0 Å². The van der Waals surface area contributed by atoms with E-state index in [0.29, 0.717) is 0 Å². The number of benzene rings is 6. The van der Waals surface area contributed by atoms with Gasteiger partial charge in [0.2, 0.25) is 13.4 Å². The van der Waals surface area contributed by atoms with E-state index in [0.717, 1.165) is 0 Å². The normalized spacial score (nSPS) is 11.2. The molecule has 0 aliphatic carbocycles. The summed E-state index contributed by atoms with van der Waals surface area (Å²) in [4.78, 5) is 0. The Labute approximate surface area is 303 Å². The summed E-state index contributed by atoms with van der Waals surface area (Å²) in [7, 11) is 0. The maximum absolute atomic E-state index is 2.37. The molecule has 0 unspecified atom stereocenters. The lowest BCUT2D eigenvalue weighted by atomic mass is 9.34. The standard InChI is InChI=1S/C48H52B2/c1-29-21-33(5)45(34(6)22-29)49(46-35(7)23-30(2)24-36(46)8)43-17-13-41(14-18-43)42-15-19-44(20-16-42)50(47-37(9)25-31(3)26-38(47)10)48-39(11)27-32(4)28-40(48)12/h13-28H,1-12H3. The maximum Gasteiger partial charge on any atom is 0.242 e. The number of rotatable bonds is 7. The minimum absolute atomic E-state index is 0.176. The molecule has 0 bridgehead atoms. The highest BCUT2D eigenvalue weighted by atomic mass is 14.1.